The van der Waals surface area contributed by atoms with Crippen LogP contribution in [-0.4, -0.2) is 28.6 Å². The minimum Gasteiger partial charge on any atom is -0.485 e. The monoisotopic (exact) mass is 287 g/mol. The first-order valence-corrected chi connectivity index (χ1v) is 6.96. The Hall–Kier alpha value is -2.50. The van der Waals surface area contributed by atoms with Crippen molar-refractivity contribution in [3.8, 4) is 11.5 Å². The summed E-state index contributed by atoms with van der Waals surface area (Å²) < 4.78 is 11.2. The molecule has 1 aromatic heterocycles. The summed E-state index contributed by atoms with van der Waals surface area (Å²) in [5.74, 6) is 1.80. The number of imidazole rings is 1. The van der Waals surface area contributed by atoms with Crippen LogP contribution in [0.25, 0.3) is 0 Å². The topological polar surface area (TPSA) is 76.2 Å². The molecule has 110 valence electrons. The fraction of sp³-hybridized carbons (Fsp3) is 0.333. The molecule has 3 rings (SSSR count). The second-order valence-electron chi connectivity index (χ2n) is 4.81. The van der Waals surface area contributed by atoms with E-state index in [1.54, 1.807) is 18.5 Å². The van der Waals surface area contributed by atoms with Gasteiger partial charge >= 0.3 is 0 Å². The maximum Gasteiger partial charge on any atom is 0.265 e. The summed E-state index contributed by atoms with van der Waals surface area (Å²) in [7, 11) is 0. The molecule has 0 saturated heterocycles. The third-order valence-electron chi connectivity index (χ3n) is 3.38. The maximum absolute atomic E-state index is 12.3. The largest absolute Gasteiger partial charge is 0.485 e. The highest BCUT2D eigenvalue weighted by Gasteiger charge is 2.29. The average molecular weight is 287 g/mol. The lowest BCUT2D eigenvalue weighted by atomic mass is 10.2. The van der Waals surface area contributed by atoms with Crippen LogP contribution in [-0.2, 0) is 4.79 Å². The van der Waals surface area contributed by atoms with Gasteiger partial charge in [-0.25, -0.2) is 4.98 Å². The Morgan fingerprint density at radius 1 is 1.48 bits per heavy atom. The van der Waals surface area contributed by atoms with Crippen LogP contribution in [0.4, 0.5) is 0 Å². The third kappa shape index (κ3) is 2.84. The van der Waals surface area contributed by atoms with Gasteiger partial charge < -0.3 is 19.8 Å². The quantitative estimate of drug-likeness (QED) is 0.899. The zero-order chi connectivity index (χ0) is 14.7. The summed E-state index contributed by atoms with van der Waals surface area (Å²) in [4.78, 5) is 19.5. The standard InChI is InChI=1S/C15H17N3O3/c1-2-10(14-16-7-8-17-14)18-15(19)13-9-20-11-5-3-4-6-12(11)21-13/h3-8,10,13H,2,9H2,1H3,(H,16,17)(H,18,19). The Bertz CT molecular complexity index is 612. The lowest BCUT2D eigenvalue weighted by molar-refractivity contribution is -0.131. The van der Waals surface area contributed by atoms with Crippen LogP contribution >= 0.6 is 0 Å². The molecule has 1 aromatic carbocycles. The zero-order valence-corrected chi connectivity index (χ0v) is 11.7. The number of carbonyl (C=O) groups is 1. The first-order valence-electron chi connectivity index (χ1n) is 6.96. The van der Waals surface area contributed by atoms with Crippen LogP contribution in [0.3, 0.4) is 0 Å². The van der Waals surface area contributed by atoms with Crippen LogP contribution in [0.1, 0.15) is 25.2 Å². The van der Waals surface area contributed by atoms with E-state index >= 15 is 0 Å². The molecule has 1 aliphatic rings. The van der Waals surface area contributed by atoms with Crippen molar-refractivity contribution in [2.45, 2.75) is 25.5 Å². The Morgan fingerprint density at radius 3 is 3.00 bits per heavy atom. The van der Waals surface area contributed by atoms with E-state index in [-0.39, 0.29) is 18.6 Å². The van der Waals surface area contributed by atoms with Gasteiger partial charge in [-0.3, -0.25) is 4.79 Å². The Kier molecular flexibility index (Phi) is 3.77. The number of carbonyl (C=O) groups excluding carboxylic acids is 1. The van der Waals surface area contributed by atoms with Crippen LogP contribution in [0, 0.1) is 0 Å². The number of hydrogen-bond donors (Lipinski definition) is 2. The Labute approximate surface area is 122 Å². The molecular formula is C15H17N3O3. The van der Waals surface area contributed by atoms with Gasteiger partial charge in [0.25, 0.3) is 5.91 Å². The molecule has 6 heteroatoms. The molecule has 0 saturated carbocycles. The van der Waals surface area contributed by atoms with Crippen molar-refractivity contribution < 1.29 is 14.3 Å². The molecule has 2 unspecified atom stereocenters. The molecule has 1 aliphatic heterocycles. The molecule has 2 atom stereocenters. The van der Waals surface area contributed by atoms with Gasteiger partial charge in [-0.1, -0.05) is 19.1 Å². The Morgan fingerprint density at radius 2 is 2.29 bits per heavy atom. The second-order valence-corrected chi connectivity index (χ2v) is 4.81. The van der Waals surface area contributed by atoms with E-state index in [4.69, 9.17) is 9.47 Å². The van der Waals surface area contributed by atoms with Gasteiger partial charge in [0.1, 0.15) is 12.4 Å². The summed E-state index contributed by atoms with van der Waals surface area (Å²) in [5, 5.41) is 2.93. The smallest absolute Gasteiger partial charge is 0.265 e. The summed E-state index contributed by atoms with van der Waals surface area (Å²) in [5.41, 5.74) is 0. The number of aromatic amines is 1. The van der Waals surface area contributed by atoms with Crippen LogP contribution in [0.5, 0.6) is 11.5 Å². The first kappa shape index (κ1) is 13.5. The highest BCUT2D eigenvalue weighted by molar-refractivity contribution is 5.82. The number of hydrogen-bond acceptors (Lipinski definition) is 4. The molecule has 21 heavy (non-hydrogen) atoms. The van der Waals surface area contributed by atoms with Gasteiger partial charge in [0, 0.05) is 12.4 Å². The normalized spacial score (nSPS) is 18.0. The molecule has 6 nitrogen and oxygen atoms in total. The Balaban J connectivity index is 1.66. The molecule has 2 heterocycles. The number of nitrogens with one attached hydrogen (secondary N) is 2. The number of nitrogens with zero attached hydrogens (tertiary/aromatic N) is 1. The number of amides is 1. The van der Waals surface area contributed by atoms with Gasteiger partial charge in [-0.15, -0.1) is 0 Å². The fourth-order valence-electron chi connectivity index (χ4n) is 2.25. The van der Waals surface area contributed by atoms with E-state index in [2.05, 4.69) is 15.3 Å². The summed E-state index contributed by atoms with van der Waals surface area (Å²) >= 11 is 0. The van der Waals surface area contributed by atoms with Crippen molar-refractivity contribution in [2.75, 3.05) is 6.61 Å². The van der Waals surface area contributed by atoms with E-state index in [1.807, 2.05) is 25.1 Å². The number of benzene rings is 1. The van der Waals surface area contributed by atoms with Gasteiger partial charge in [0.2, 0.25) is 6.10 Å². The highest BCUT2D eigenvalue weighted by Crippen LogP contribution is 2.31. The lowest BCUT2D eigenvalue weighted by Crippen LogP contribution is -2.45. The van der Waals surface area contributed by atoms with E-state index < -0.39 is 6.10 Å². The molecule has 1 amide bonds. The predicted molar refractivity (Wildman–Crippen MR) is 76.1 cm³/mol. The van der Waals surface area contributed by atoms with Crippen molar-refractivity contribution in [1.29, 1.82) is 0 Å². The summed E-state index contributed by atoms with van der Waals surface area (Å²) in [6, 6.07) is 7.17. The summed E-state index contributed by atoms with van der Waals surface area (Å²) in [6.45, 7) is 2.19. The zero-order valence-electron chi connectivity index (χ0n) is 11.7. The number of H-pyrrole nitrogens is 1. The molecule has 0 fully saturated rings. The first-order chi connectivity index (χ1) is 10.3. The number of fused-ring (bicyclic) bond motifs is 1. The minimum atomic E-state index is -0.649. The number of para-hydroxylation sites is 2. The van der Waals surface area contributed by atoms with Crippen molar-refractivity contribution in [2.24, 2.45) is 0 Å². The van der Waals surface area contributed by atoms with Crippen LogP contribution < -0.4 is 14.8 Å². The highest BCUT2D eigenvalue weighted by atomic mass is 16.6. The van der Waals surface area contributed by atoms with Gasteiger partial charge in [-0.2, -0.15) is 0 Å². The van der Waals surface area contributed by atoms with Crippen LogP contribution in [0.2, 0.25) is 0 Å². The molecule has 0 radical (unpaired) electrons. The predicted octanol–water partition coefficient (Wildman–Crippen LogP) is 1.82. The third-order valence-corrected chi connectivity index (χ3v) is 3.38. The maximum atomic E-state index is 12.3. The molecule has 2 aromatic rings. The number of rotatable bonds is 4. The van der Waals surface area contributed by atoms with Crippen molar-refractivity contribution in [3.63, 3.8) is 0 Å². The van der Waals surface area contributed by atoms with Gasteiger partial charge in [0.05, 0.1) is 6.04 Å². The molecule has 0 spiro atoms. The SMILES string of the molecule is CCC(NC(=O)C1COc2ccccc2O1)c1ncc[nH]1. The fourth-order valence-corrected chi connectivity index (χ4v) is 2.25. The second kappa shape index (κ2) is 5.87. The summed E-state index contributed by atoms with van der Waals surface area (Å²) in [6.07, 6.45) is 3.49. The minimum absolute atomic E-state index is 0.159. The lowest BCUT2D eigenvalue weighted by Gasteiger charge is -2.26. The molecular weight excluding hydrogens is 270 g/mol. The van der Waals surface area contributed by atoms with E-state index in [1.165, 1.54) is 0 Å². The van der Waals surface area contributed by atoms with E-state index in [0.717, 1.165) is 12.2 Å². The molecule has 0 aliphatic carbocycles. The van der Waals surface area contributed by atoms with E-state index in [0.29, 0.717) is 11.5 Å². The molecule has 2 N–H and O–H groups in total. The molecule has 0 bridgehead atoms. The van der Waals surface area contributed by atoms with Crippen molar-refractivity contribution >= 4 is 5.91 Å². The van der Waals surface area contributed by atoms with Crippen molar-refractivity contribution in [1.82, 2.24) is 15.3 Å². The van der Waals surface area contributed by atoms with Gasteiger partial charge in [0.15, 0.2) is 11.5 Å². The van der Waals surface area contributed by atoms with Gasteiger partial charge in [-0.05, 0) is 18.6 Å². The average Bonchev–Trinajstić information content (AvgIpc) is 3.06. The van der Waals surface area contributed by atoms with Crippen molar-refractivity contribution in [3.05, 3.63) is 42.5 Å². The number of aromatic nitrogens is 2. The van der Waals surface area contributed by atoms with Crippen LogP contribution in [0.15, 0.2) is 36.7 Å². The number of ether oxygens (including phenoxy) is 2. The van der Waals surface area contributed by atoms with E-state index in [9.17, 15) is 4.79 Å².